The summed E-state index contributed by atoms with van der Waals surface area (Å²) in [5, 5.41) is 9.76. The molecule has 9 nitrogen and oxygen atoms in total. The van der Waals surface area contributed by atoms with Crippen LogP contribution in [0, 0.1) is 5.92 Å². The molecule has 11 heteroatoms. The largest absolute Gasteiger partial charge is 0.478 e. The van der Waals surface area contributed by atoms with Gasteiger partial charge in [0.05, 0.1) is 11.3 Å². The molecular weight excluding hydrogens is 470 g/mol. The van der Waals surface area contributed by atoms with Crippen LogP contribution in [0.2, 0.25) is 0 Å². The maximum absolute atomic E-state index is 12.2. The molecule has 2 atom stereocenters. The van der Waals surface area contributed by atoms with Crippen molar-refractivity contribution in [3.63, 3.8) is 0 Å². The van der Waals surface area contributed by atoms with Crippen LogP contribution >= 0.6 is 0 Å². The average molecular weight is 490 g/mol. The van der Waals surface area contributed by atoms with Crippen LogP contribution in [-0.2, 0) is 26.7 Å². The molecule has 0 radical (unpaired) electrons. The maximum Gasteiger partial charge on any atom is 0.335 e. The number of nitrogen functional groups attached to an aromatic ring is 1. The summed E-state index contributed by atoms with van der Waals surface area (Å²) in [6, 6.07) is 8.89. The van der Waals surface area contributed by atoms with Crippen molar-refractivity contribution >= 4 is 31.9 Å². The first-order valence-corrected chi connectivity index (χ1v) is 12.5. The zero-order valence-electron chi connectivity index (χ0n) is 17.0. The van der Waals surface area contributed by atoms with E-state index < -0.39 is 47.8 Å². The number of carboxylic acids is 1. The number of allylic oxidation sites excluding steroid dienone is 4. The number of aromatic carboxylic acids is 1. The number of hydrogen-bond acceptors (Lipinski definition) is 6. The third-order valence-corrected chi connectivity index (χ3v) is 7.96. The van der Waals surface area contributed by atoms with E-state index in [0.717, 1.165) is 0 Å². The SMILES string of the molecule is C=C1C=CC2C(=C1S(=O)(=O)O)Cc1c(ccc(N)c1S(=O)(=O)O)C2c1ccccc1C(=O)O. The van der Waals surface area contributed by atoms with Gasteiger partial charge in [0.2, 0.25) is 0 Å². The molecule has 0 bridgehead atoms. The van der Waals surface area contributed by atoms with Crippen molar-refractivity contribution in [2.24, 2.45) is 5.92 Å². The number of nitrogens with two attached hydrogens (primary N) is 1. The molecular formula is C22H19NO8S2. The lowest BCUT2D eigenvalue weighted by Crippen LogP contribution is -2.30. The predicted molar refractivity (Wildman–Crippen MR) is 120 cm³/mol. The number of fused-ring (bicyclic) bond motifs is 2. The molecule has 2 unspecified atom stereocenters. The predicted octanol–water partition coefficient (Wildman–Crippen LogP) is 2.79. The van der Waals surface area contributed by atoms with E-state index in [4.69, 9.17) is 5.73 Å². The monoisotopic (exact) mass is 489 g/mol. The molecule has 172 valence electrons. The highest BCUT2D eigenvalue weighted by Gasteiger charge is 2.42. The lowest BCUT2D eigenvalue weighted by atomic mass is 9.66. The Balaban J connectivity index is 2.17. The fourth-order valence-electron chi connectivity index (χ4n) is 4.76. The van der Waals surface area contributed by atoms with Crippen LogP contribution in [0.25, 0.3) is 0 Å². The van der Waals surface area contributed by atoms with Crippen LogP contribution < -0.4 is 5.73 Å². The Morgan fingerprint density at radius 2 is 1.67 bits per heavy atom. The summed E-state index contributed by atoms with van der Waals surface area (Å²) >= 11 is 0. The lowest BCUT2D eigenvalue weighted by molar-refractivity contribution is 0.0695. The Morgan fingerprint density at radius 3 is 2.27 bits per heavy atom. The lowest BCUT2D eigenvalue weighted by Gasteiger charge is -2.38. The molecule has 0 spiro atoms. The Morgan fingerprint density at radius 1 is 1.00 bits per heavy atom. The number of carbonyl (C=O) groups is 1. The Hall–Kier alpha value is -3.25. The summed E-state index contributed by atoms with van der Waals surface area (Å²) in [6.07, 6.45) is 2.78. The quantitative estimate of drug-likeness (QED) is 0.372. The Bertz CT molecular complexity index is 1500. The first-order valence-electron chi connectivity index (χ1n) is 9.61. The van der Waals surface area contributed by atoms with Gasteiger partial charge in [-0.05, 0) is 46.4 Å². The molecule has 2 aliphatic rings. The van der Waals surface area contributed by atoms with Gasteiger partial charge in [-0.15, -0.1) is 0 Å². The summed E-state index contributed by atoms with van der Waals surface area (Å²) in [4.78, 5) is 10.9. The van der Waals surface area contributed by atoms with Crippen LogP contribution in [-0.4, -0.2) is 37.0 Å². The van der Waals surface area contributed by atoms with E-state index in [9.17, 15) is 35.8 Å². The summed E-state index contributed by atoms with van der Waals surface area (Å²) in [6.45, 7) is 3.67. The van der Waals surface area contributed by atoms with Crippen molar-refractivity contribution in [2.75, 3.05) is 5.73 Å². The van der Waals surface area contributed by atoms with E-state index in [1.165, 1.54) is 30.3 Å². The Kier molecular flexibility index (Phi) is 5.32. The molecule has 4 rings (SSSR count). The van der Waals surface area contributed by atoms with Crippen molar-refractivity contribution in [1.82, 2.24) is 0 Å². The van der Waals surface area contributed by atoms with E-state index in [-0.39, 0.29) is 34.4 Å². The third kappa shape index (κ3) is 3.78. The van der Waals surface area contributed by atoms with Gasteiger partial charge in [-0.3, -0.25) is 9.11 Å². The van der Waals surface area contributed by atoms with Crippen molar-refractivity contribution in [2.45, 2.75) is 17.2 Å². The first-order chi connectivity index (χ1) is 15.3. The molecule has 2 aromatic rings. The number of anilines is 1. The van der Waals surface area contributed by atoms with Crippen molar-refractivity contribution < 1.29 is 35.8 Å². The highest BCUT2D eigenvalue weighted by molar-refractivity contribution is 7.90. The zero-order valence-corrected chi connectivity index (χ0v) is 18.6. The molecule has 0 saturated carbocycles. The van der Waals surface area contributed by atoms with Crippen molar-refractivity contribution in [3.8, 4) is 0 Å². The van der Waals surface area contributed by atoms with Crippen LogP contribution in [0.5, 0.6) is 0 Å². The van der Waals surface area contributed by atoms with E-state index >= 15 is 0 Å². The molecule has 0 aromatic heterocycles. The fraction of sp³-hybridized carbons (Fsp3) is 0.136. The third-order valence-electron chi connectivity index (χ3n) is 5.92. The fourth-order valence-corrected chi connectivity index (χ4v) is 6.56. The minimum Gasteiger partial charge on any atom is -0.478 e. The molecule has 5 N–H and O–H groups in total. The summed E-state index contributed by atoms with van der Waals surface area (Å²) in [7, 11) is -9.60. The molecule has 33 heavy (non-hydrogen) atoms. The van der Waals surface area contributed by atoms with Gasteiger partial charge in [0, 0.05) is 11.8 Å². The molecule has 0 aliphatic heterocycles. The standard InChI is InChI=1S/C22H19NO8S2/c1-11-6-7-13-16(20(11)32(26,27)28)10-17-14(8-9-18(23)21(17)33(29,30)31)19(13)12-4-2-3-5-15(12)22(24)25/h2-9,13,19H,1,10,23H2,(H,24,25)(H,26,27,28)(H,29,30,31). The minimum atomic E-state index is -4.83. The summed E-state index contributed by atoms with van der Waals surface area (Å²) < 4.78 is 68.7. The van der Waals surface area contributed by atoms with E-state index in [2.05, 4.69) is 6.58 Å². The molecule has 0 saturated heterocycles. The molecule has 0 fully saturated rings. The number of rotatable bonds is 4. The number of hydrogen-bond donors (Lipinski definition) is 4. The second kappa shape index (κ2) is 7.66. The normalized spacial score (nSPS) is 20.4. The van der Waals surface area contributed by atoms with E-state index in [1.54, 1.807) is 18.2 Å². The molecule has 2 aromatic carbocycles. The topological polar surface area (TPSA) is 172 Å². The first kappa shape index (κ1) is 22.9. The van der Waals surface area contributed by atoms with Gasteiger partial charge in [-0.25, -0.2) is 4.79 Å². The van der Waals surface area contributed by atoms with Gasteiger partial charge >= 0.3 is 5.97 Å². The van der Waals surface area contributed by atoms with Crippen LogP contribution in [0.3, 0.4) is 0 Å². The van der Waals surface area contributed by atoms with Gasteiger partial charge in [0.1, 0.15) is 9.80 Å². The highest BCUT2D eigenvalue weighted by Crippen LogP contribution is 2.51. The van der Waals surface area contributed by atoms with Crippen LogP contribution in [0.15, 0.2) is 76.1 Å². The van der Waals surface area contributed by atoms with Gasteiger partial charge in [-0.2, -0.15) is 16.8 Å². The Labute approximate surface area is 190 Å². The molecule has 0 heterocycles. The van der Waals surface area contributed by atoms with Gasteiger partial charge < -0.3 is 10.8 Å². The number of benzene rings is 2. The minimum absolute atomic E-state index is 0.00483. The summed E-state index contributed by atoms with van der Waals surface area (Å²) in [5.41, 5.74) is 6.35. The van der Waals surface area contributed by atoms with Gasteiger partial charge in [0.15, 0.2) is 0 Å². The smallest absolute Gasteiger partial charge is 0.335 e. The highest BCUT2D eigenvalue weighted by atomic mass is 32.2. The van der Waals surface area contributed by atoms with Gasteiger partial charge in [-0.1, -0.05) is 43.0 Å². The second-order valence-corrected chi connectivity index (χ2v) is 10.5. The van der Waals surface area contributed by atoms with Gasteiger partial charge in [0.25, 0.3) is 20.2 Å². The van der Waals surface area contributed by atoms with Crippen LogP contribution in [0.4, 0.5) is 5.69 Å². The molecule has 2 aliphatic carbocycles. The van der Waals surface area contributed by atoms with Crippen molar-refractivity contribution in [1.29, 1.82) is 0 Å². The summed E-state index contributed by atoms with van der Waals surface area (Å²) in [5.74, 6) is -2.82. The van der Waals surface area contributed by atoms with E-state index in [1.807, 2.05) is 0 Å². The average Bonchev–Trinajstić information content (AvgIpc) is 2.69. The van der Waals surface area contributed by atoms with Crippen molar-refractivity contribution in [3.05, 3.63) is 93.4 Å². The molecule has 0 amide bonds. The second-order valence-electron chi connectivity index (χ2n) is 7.81. The maximum atomic E-state index is 12.2. The zero-order chi connectivity index (χ0) is 24.3. The van der Waals surface area contributed by atoms with Crippen LogP contribution in [0.1, 0.15) is 33.0 Å². The number of carboxylic acid groups (broad SMARTS) is 1. The van der Waals surface area contributed by atoms with E-state index in [0.29, 0.717) is 11.1 Å².